The van der Waals surface area contributed by atoms with Gasteiger partial charge in [0, 0.05) is 6.54 Å². The second-order valence-corrected chi connectivity index (χ2v) is 6.22. The molecule has 0 aromatic heterocycles. The van der Waals surface area contributed by atoms with E-state index in [0.717, 1.165) is 45.6 Å². The topological polar surface area (TPSA) is 50.1 Å². The molecule has 0 heterocycles. The Morgan fingerprint density at radius 3 is 1.92 bits per heavy atom. The van der Waals surface area contributed by atoms with E-state index in [-0.39, 0.29) is 12.4 Å². The summed E-state index contributed by atoms with van der Waals surface area (Å²) in [5, 5.41) is 12.4. The molecule has 25 heavy (non-hydrogen) atoms. The van der Waals surface area contributed by atoms with Gasteiger partial charge in [0.25, 0.3) is 0 Å². The van der Waals surface area contributed by atoms with Gasteiger partial charge in [0.05, 0.1) is 0 Å². The lowest BCUT2D eigenvalue weighted by Gasteiger charge is -2.13. The van der Waals surface area contributed by atoms with Gasteiger partial charge in [-0.2, -0.15) is 0 Å². The summed E-state index contributed by atoms with van der Waals surface area (Å²) in [7, 11) is 0. The van der Waals surface area contributed by atoms with Crippen LogP contribution in [0.1, 0.15) is 18.4 Å². The van der Waals surface area contributed by atoms with E-state index in [2.05, 4.69) is 65.2 Å². The maximum absolute atomic E-state index is 5.49. The molecule has 0 saturated carbocycles. The molecule has 3 nitrogen and oxygen atoms in total. The maximum Gasteiger partial charge on any atom is 0.0217 e. The normalized spacial score (nSPS) is 10.9. The van der Waals surface area contributed by atoms with Gasteiger partial charge in [-0.1, -0.05) is 48.5 Å². The number of benzene rings is 3. The SMILES string of the molecule is Cl.NCCCNCCCNCc1c2ccccc2cc2ccccc12. The Morgan fingerprint density at radius 1 is 0.720 bits per heavy atom. The standard InChI is InChI=1S/C21H27N3.ClH/c22-11-5-12-23-13-6-14-24-16-21-19-9-3-1-7-17(19)15-18-8-2-4-10-20(18)21;/h1-4,7-10,15,23-24H,5-6,11-14,16,22H2;1H. The van der Waals surface area contributed by atoms with Crippen LogP contribution in [-0.2, 0) is 6.54 Å². The Balaban J connectivity index is 0.00000225. The number of rotatable bonds is 9. The largest absolute Gasteiger partial charge is 0.330 e. The molecule has 0 atom stereocenters. The first-order chi connectivity index (χ1) is 11.9. The van der Waals surface area contributed by atoms with Crippen molar-refractivity contribution in [3.05, 3.63) is 60.2 Å². The summed E-state index contributed by atoms with van der Waals surface area (Å²) in [6.45, 7) is 4.75. The van der Waals surface area contributed by atoms with E-state index >= 15 is 0 Å². The highest BCUT2D eigenvalue weighted by Crippen LogP contribution is 2.28. The minimum Gasteiger partial charge on any atom is -0.330 e. The number of hydrogen-bond acceptors (Lipinski definition) is 3. The van der Waals surface area contributed by atoms with E-state index < -0.39 is 0 Å². The summed E-state index contributed by atoms with van der Waals surface area (Å²) in [5.74, 6) is 0. The molecule has 0 aliphatic heterocycles. The van der Waals surface area contributed by atoms with Crippen LogP contribution in [0.4, 0.5) is 0 Å². The molecule has 0 spiro atoms. The average molecular weight is 358 g/mol. The van der Waals surface area contributed by atoms with Crippen molar-refractivity contribution in [2.45, 2.75) is 19.4 Å². The molecule has 0 aliphatic rings. The lowest BCUT2D eigenvalue weighted by molar-refractivity contribution is 0.588. The summed E-state index contributed by atoms with van der Waals surface area (Å²) in [5.41, 5.74) is 6.90. The fourth-order valence-electron chi connectivity index (χ4n) is 3.20. The minimum absolute atomic E-state index is 0. The fourth-order valence-corrected chi connectivity index (χ4v) is 3.20. The number of fused-ring (bicyclic) bond motifs is 2. The molecule has 3 aromatic rings. The second kappa shape index (κ2) is 10.4. The molecule has 0 amide bonds. The van der Waals surface area contributed by atoms with Crippen molar-refractivity contribution in [1.29, 1.82) is 0 Å². The molecular formula is C21H28ClN3. The first-order valence-corrected chi connectivity index (χ1v) is 8.91. The van der Waals surface area contributed by atoms with Crippen molar-refractivity contribution in [1.82, 2.24) is 10.6 Å². The molecule has 134 valence electrons. The van der Waals surface area contributed by atoms with Gasteiger partial charge >= 0.3 is 0 Å². The zero-order valence-electron chi connectivity index (χ0n) is 14.6. The number of nitrogens with one attached hydrogen (secondary N) is 2. The van der Waals surface area contributed by atoms with Crippen molar-refractivity contribution in [2.75, 3.05) is 26.2 Å². The highest BCUT2D eigenvalue weighted by molar-refractivity contribution is 6.02. The predicted molar refractivity (Wildman–Crippen MR) is 112 cm³/mol. The first-order valence-electron chi connectivity index (χ1n) is 8.91. The van der Waals surface area contributed by atoms with Crippen LogP contribution in [0.25, 0.3) is 21.5 Å². The summed E-state index contributed by atoms with van der Waals surface area (Å²) in [6, 6.07) is 19.6. The minimum atomic E-state index is 0. The summed E-state index contributed by atoms with van der Waals surface area (Å²) in [4.78, 5) is 0. The van der Waals surface area contributed by atoms with Gasteiger partial charge in [0.1, 0.15) is 0 Å². The number of nitrogens with two attached hydrogens (primary N) is 1. The second-order valence-electron chi connectivity index (χ2n) is 6.22. The Hall–Kier alpha value is -1.65. The monoisotopic (exact) mass is 357 g/mol. The Bertz CT molecular complexity index is 734. The Labute approximate surface area is 156 Å². The summed E-state index contributed by atoms with van der Waals surface area (Å²) >= 11 is 0. The van der Waals surface area contributed by atoms with Gasteiger partial charge in [0.15, 0.2) is 0 Å². The predicted octanol–water partition coefficient (Wildman–Crippen LogP) is 3.83. The molecule has 3 rings (SSSR count). The van der Waals surface area contributed by atoms with E-state index in [0.29, 0.717) is 0 Å². The smallest absolute Gasteiger partial charge is 0.0217 e. The van der Waals surface area contributed by atoms with Crippen molar-refractivity contribution in [3.8, 4) is 0 Å². The van der Waals surface area contributed by atoms with Crippen LogP contribution in [0.3, 0.4) is 0 Å². The molecule has 0 radical (unpaired) electrons. The van der Waals surface area contributed by atoms with Crippen LogP contribution in [0, 0.1) is 0 Å². The van der Waals surface area contributed by atoms with Crippen molar-refractivity contribution >= 4 is 34.0 Å². The van der Waals surface area contributed by atoms with E-state index in [1.54, 1.807) is 0 Å². The van der Waals surface area contributed by atoms with Crippen LogP contribution >= 0.6 is 12.4 Å². The molecule has 3 aromatic carbocycles. The quantitative estimate of drug-likeness (QED) is 0.403. The van der Waals surface area contributed by atoms with E-state index in [1.165, 1.54) is 27.1 Å². The van der Waals surface area contributed by atoms with Crippen molar-refractivity contribution in [3.63, 3.8) is 0 Å². The van der Waals surface area contributed by atoms with Crippen LogP contribution in [-0.4, -0.2) is 26.2 Å². The molecular weight excluding hydrogens is 330 g/mol. The van der Waals surface area contributed by atoms with E-state index in [4.69, 9.17) is 5.73 Å². The molecule has 0 unspecified atom stereocenters. The van der Waals surface area contributed by atoms with Gasteiger partial charge in [-0.25, -0.2) is 0 Å². The lowest BCUT2D eigenvalue weighted by atomic mass is 9.97. The zero-order chi connectivity index (χ0) is 16.6. The fraction of sp³-hybridized carbons (Fsp3) is 0.333. The van der Waals surface area contributed by atoms with Crippen molar-refractivity contribution < 1.29 is 0 Å². The third-order valence-electron chi connectivity index (χ3n) is 4.45. The van der Waals surface area contributed by atoms with E-state index in [9.17, 15) is 0 Å². The highest BCUT2D eigenvalue weighted by atomic mass is 35.5. The highest BCUT2D eigenvalue weighted by Gasteiger charge is 2.06. The molecule has 4 N–H and O–H groups in total. The average Bonchev–Trinajstić information content (AvgIpc) is 2.63. The Kier molecular flexibility index (Phi) is 8.16. The lowest BCUT2D eigenvalue weighted by Crippen LogP contribution is -2.23. The van der Waals surface area contributed by atoms with Crippen molar-refractivity contribution in [2.24, 2.45) is 5.73 Å². The van der Waals surface area contributed by atoms with E-state index in [1.807, 2.05) is 0 Å². The Morgan fingerprint density at radius 2 is 1.28 bits per heavy atom. The molecule has 0 aliphatic carbocycles. The third kappa shape index (κ3) is 5.16. The third-order valence-corrected chi connectivity index (χ3v) is 4.45. The molecule has 0 bridgehead atoms. The van der Waals surface area contributed by atoms with Gasteiger partial charge in [0.2, 0.25) is 0 Å². The molecule has 0 fully saturated rings. The molecule has 0 saturated heterocycles. The summed E-state index contributed by atoms with van der Waals surface area (Å²) in [6.07, 6.45) is 2.18. The van der Waals surface area contributed by atoms with Gasteiger partial charge in [-0.3, -0.25) is 0 Å². The number of hydrogen-bond donors (Lipinski definition) is 3. The van der Waals surface area contributed by atoms with Crippen LogP contribution < -0.4 is 16.4 Å². The zero-order valence-corrected chi connectivity index (χ0v) is 15.4. The van der Waals surface area contributed by atoms with Crippen LogP contribution in [0.2, 0.25) is 0 Å². The number of halogens is 1. The first kappa shape index (κ1) is 19.7. The van der Waals surface area contributed by atoms with Gasteiger partial charge in [-0.05, 0) is 72.2 Å². The maximum atomic E-state index is 5.49. The van der Waals surface area contributed by atoms with Gasteiger partial charge < -0.3 is 16.4 Å². The summed E-state index contributed by atoms with van der Waals surface area (Å²) < 4.78 is 0. The van der Waals surface area contributed by atoms with Crippen LogP contribution in [0.5, 0.6) is 0 Å². The van der Waals surface area contributed by atoms with Gasteiger partial charge in [-0.15, -0.1) is 12.4 Å². The molecule has 4 heteroatoms. The van der Waals surface area contributed by atoms with Crippen LogP contribution in [0.15, 0.2) is 54.6 Å².